The van der Waals surface area contributed by atoms with Gasteiger partial charge in [-0.1, -0.05) is 12.1 Å². The first kappa shape index (κ1) is 22.8. The van der Waals surface area contributed by atoms with E-state index in [9.17, 15) is 22.2 Å². The van der Waals surface area contributed by atoms with Crippen LogP contribution in [0.2, 0.25) is 0 Å². The highest BCUT2D eigenvalue weighted by molar-refractivity contribution is 7.82. The van der Waals surface area contributed by atoms with Gasteiger partial charge in [-0.2, -0.15) is 13.2 Å². The summed E-state index contributed by atoms with van der Waals surface area (Å²) in [4.78, 5) is 12.6. The zero-order chi connectivity index (χ0) is 22.9. The fourth-order valence-corrected chi connectivity index (χ4v) is 5.53. The van der Waals surface area contributed by atoms with Crippen LogP contribution in [0.4, 0.5) is 29.3 Å². The topological polar surface area (TPSA) is 74.6 Å². The number of alkyl halides is 3. The predicted octanol–water partition coefficient (Wildman–Crippen LogP) is 5.41. The number of carbonyl (C=O) groups excluding carboxylic acids is 1. The SMILES string of the molecule is Cc1oc(S(=O)N2CCC(C(F)(F)F)CC2)cc1NC(=O)Nc1cccc2c1CCCC2. The van der Waals surface area contributed by atoms with Gasteiger partial charge in [-0.15, -0.1) is 0 Å². The van der Waals surface area contributed by atoms with Crippen LogP contribution in [0.25, 0.3) is 0 Å². The summed E-state index contributed by atoms with van der Waals surface area (Å²) in [6, 6.07) is 6.91. The van der Waals surface area contributed by atoms with Gasteiger partial charge in [0.15, 0.2) is 11.0 Å². The maximum atomic E-state index is 12.9. The average Bonchev–Trinajstić information content (AvgIpc) is 3.13. The lowest BCUT2D eigenvalue weighted by molar-refractivity contribution is -0.182. The Labute approximate surface area is 187 Å². The Bertz CT molecular complexity index is 1010. The number of amides is 2. The minimum Gasteiger partial charge on any atom is -0.449 e. The molecule has 2 amide bonds. The zero-order valence-corrected chi connectivity index (χ0v) is 18.6. The van der Waals surface area contributed by atoms with Crippen LogP contribution >= 0.6 is 0 Å². The zero-order valence-electron chi connectivity index (χ0n) is 17.8. The third-order valence-corrected chi connectivity index (χ3v) is 7.49. The van der Waals surface area contributed by atoms with Crippen LogP contribution < -0.4 is 10.6 Å². The average molecular weight is 470 g/mol. The van der Waals surface area contributed by atoms with E-state index < -0.39 is 29.1 Å². The number of carbonyl (C=O) groups is 1. The van der Waals surface area contributed by atoms with Gasteiger partial charge in [0.05, 0.1) is 11.6 Å². The number of halogens is 3. The second-order valence-corrected chi connectivity index (χ2v) is 9.68. The van der Waals surface area contributed by atoms with Crippen molar-refractivity contribution in [3.05, 3.63) is 41.2 Å². The Morgan fingerprint density at radius 3 is 2.53 bits per heavy atom. The number of benzene rings is 1. The Kier molecular flexibility index (Phi) is 6.62. The third-order valence-electron chi connectivity index (χ3n) is 6.11. The van der Waals surface area contributed by atoms with Gasteiger partial charge in [0.2, 0.25) is 5.09 Å². The van der Waals surface area contributed by atoms with E-state index in [1.165, 1.54) is 15.9 Å². The second kappa shape index (κ2) is 9.27. The van der Waals surface area contributed by atoms with Gasteiger partial charge in [0.1, 0.15) is 5.76 Å². The summed E-state index contributed by atoms with van der Waals surface area (Å²) >= 11 is 0. The van der Waals surface area contributed by atoms with E-state index in [2.05, 4.69) is 16.7 Å². The lowest BCUT2D eigenvalue weighted by Gasteiger charge is -2.31. The van der Waals surface area contributed by atoms with Crippen molar-refractivity contribution in [2.24, 2.45) is 5.92 Å². The van der Waals surface area contributed by atoms with Gasteiger partial charge >= 0.3 is 12.2 Å². The standard InChI is InChI=1S/C22H26F3N3O3S/c1-14-19(27-21(29)26-18-8-4-6-15-5-2-3-7-17(15)18)13-20(31-14)32(30)28-11-9-16(10-12-28)22(23,24)25/h4,6,8,13,16H,2-3,5,7,9-12H2,1H3,(H2,26,27,29). The van der Waals surface area contributed by atoms with E-state index in [0.29, 0.717) is 11.4 Å². The van der Waals surface area contributed by atoms with Crippen LogP contribution in [0.3, 0.4) is 0 Å². The smallest absolute Gasteiger partial charge is 0.391 e. The molecule has 10 heteroatoms. The summed E-state index contributed by atoms with van der Waals surface area (Å²) in [5, 5.41) is 5.72. The number of hydrogen-bond donors (Lipinski definition) is 2. The molecule has 1 fully saturated rings. The molecule has 2 aromatic rings. The fourth-order valence-electron chi connectivity index (χ4n) is 4.32. The molecule has 1 unspecified atom stereocenters. The fraction of sp³-hybridized carbons (Fsp3) is 0.500. The molecule has 1 saturated heterocycles. The molecule has 0 spiro atoms. The highest BCUT2D eigenvalue weighted by Gasteiger charge is 2.42. The number of furan rings is 1. The largest absolute Gasteiger partial charge is 0.449 e. The number of fused-ring (bicyclic) bond motifs is 1. The first-order valence-electron chi connectivity index (χ1n) is 10.7. The summed E-state index contributed by atoms with van der Waals surface area (Å²) in [5.41, 5.74) is 3.56. The number of anilines is 2. The molecule has 2 aliphatic rings. The molecule has 1 aromatic carbocycles. The predicted molar refractivity (Wildman–Crippen MR) is 116 cm³/mol. The number of rotatable bonds is 4. The van der Waals surface area contributed by atoms with Crippen molar-refractivity contribution in [2.45, 2.75) is 56.7 Å². The van der Waals surface area contributed by atoms with Crippen LogP contribution in [-0.2, 0) is 23.8 Å². The molecular weight excluding hydrogens is 443 g/mol. The molecule has 174 valence electrons. The summed E-state index contributed by atoms with van der Waals surface area (Å²) in [6.07, 6.45) is -0.257. The van der Waals surface area contributed by atoms with Crippen LogP contribution in [0.5, 0.6) is 0 Å². The van der Waals surface area contributed by atoms with Crippen molar-refractivity contribution in [3.63, 3.8) is 0 Å². The molecule has 1 atom stereocenters. The molecule has 6 nitrogen and oxygen atoms in total. The van der Waals surface area contributed by atoms with Crippen molar-refractivity contribution >= 4 is 28.4 Å². The minimum atomic E-state index is -4.22. The summed E-state index contributed by atoms with van der Waals surface area (Å²) in [7, 11) is -1.73. The van der Waals surface area contributed by atoms with Gasteiger partial charge in [-0.3, -0.25) is 0 Å². The summed E-state index contributed by atoms with van der Waals surface area (Å²) in [5.74, 6) is -0.984. The normalized spacial score (nSPS) is 18.8. The van der Waals surface area contributed by atoms with E-state index in [-0.39, 0.29) is 31.0 Å². The van der Waals surface area contributed by atoms with Crippen molar-refractivity contribution in [1.29, 1.82) is 0 Å². The van der Waals surface area contributed by atoms with Crippen LogP contribution in [0.1, 0.15) is 42.6 Å². The molecular formula is C22H26F3N3O3S. The lowest BCUT2D eigenvalue weighted by Crippen LogP contribution is -2.39. The minimum absolute atomic E-state index is 0.0684. The highest BCUT2D eigenvalue weighted by atomic mass is 32.2. The quantitative estimate of drug-likeness (QED) is 0.629. The number of aryl methyl sites for hydroxylation is 2. The molecule has 32 heavy (non-hydrogen) atoms. The maximum Gasteiger partial charge on any atom is 0.391 e. The van der Waals surface area contributed by atoms with Crippen LogP contribution in [0, 0.1) is 12.8 Å². The molecule has 0 saturated carbocycles. The van der Waals surface area contributed by atoms with Gasteiger partial charge < -0.3 is 15.1 Å². The Balaban J connectivity index is 1.39. The lowest BCUT2D eigenvalue weighted by atomic mass is 9.90. The number of nitrogens with one attached hydrogen (secondary N) is 2. The molecule has 2 heterocycles. The first-order chi connectivity index (χ1) is 15.2. The molecule has 4 rings (SSSR count). The van der Waals surface area contributed by atoms with E-state index in [4.69, 9.17) is 4.42 Å². The van der Waals surface area contributed by atoms with Gasteiger partial charge in [-0.05, 0) is 62.6 Å². The number of nitrogens with zero attached hydrogens (tertiary/aromatic N) is 1. The van der Waals surface area contributed by atoms with Crippen LogP contribution in [-0.4, -0.2) is 33.8 Å². The molecule has 1 aliphatic carbocycles. The molecule has 0 radical (unpaired) electrons. The Hall–Kier alpha value is -2.33. The Morgan fingerprint density at radius 2 is 1.81 bits per heavy atom. The third kappa shape index (κ3) is 5.01. The summed E-state index contributed by atoms with van der Waals surface area (Å²) in [6.45, 7) is 1.77. The summed E-state index contributed by atoms with van der Waals surface area (Å²) < 4.78 is 58.4. The molecule has 1 aromatic heterocycles. The molecule has 1 aliphatic heterocycles. The van der Waals surface area contributed by atoms with E-state index in [1.807, 2.05) is 12.1 Å². The Morgan fingerprint density at radius 1 is 1.12 bits per heavy atom. The monoisotopic (exact) mass is 469 g/mol. The number of urea groups is 1. The van der Waals surface area contributed by atoms with Crippen molar-refractivity contribution in [2.75, 3.05) is 23.7 Å². The maximum absolute atomic E-state index is 12.9. The van der Waals surface area contributed by atoms with Gasteiger partial charge in [0.25, 0.3) is 0 Å². The van der Waals surface area contributed by atoms with Gasteiger partial charge in [-0.25, -0.2) is 13.3 Å². The number of hydrogen-bond acceptors (Lipinski definition) is 3. The van der Waals surface area contributed by atoms with E-state index >= 15 is 0 Å². The van der Waals surface area contributed by atoms with Crippen molar-refractivity contribution < 1.29 is 26.6 Å². The van der Waals surface area contributed by atoms with E-state index in [0.717, 1.165) is 36.9 Å². The highest BCUT2D eigenvalue weighted by Crippen LogP contribution is 2.35. The van der Waals surface area contributed by atoms with Crippen molar-refractivity contribution in [3.8, 4) is 0 Å². The van der Waals surface area contributed by atoms with Crippen LogP contribution in [0.15, 0.2) is 33.8 Å². The molecule has 2 N–H and O–H groups in total. The second-order valence-electron chi connectivity index (χ2n) is 8.26. The first-order valence-corrected chi connectivity index (χ1v) is 11.9. The van der Waals surface area contributed by atoms with E-state index in [1.54, 1.807) is 6.92 Å². The van der Waals surface area contributed by atoms with Crippen molar-refractivity contribution in [1.82, 2.24) is 4.31 Å². The molecule has 0 bridgehead atoms. The number of piperidine rings is 1. The van der Waals surface area contributed by atoms with Gasteiger partial charge in [0, 0.05) is 24.8 Å².